The molecule has 0 saturated heterocycles. The second-order valence-electron chi connectivity index (χ2n) is 6.95. The number of ether oxygens (including phenoxy) is 2. The second-order valence-corrected chi connectivity index (χ2v) is 6.95. The fourth-order valence-corrected chi connectivity index (χ4v) is 2.31. The van der Waals surface area contributed by atoms with Crippen LogP contribution in [0.15, 0.2) is 24.3 Å². The molecule has 0 bridgehead atoms. The van der Waals surface area contributed by atoms with Crippen molar-refractivity contribution in [3.8, 4) is 5.75 Å². The van der Waals surface area contributed by atoms with Crippen LogP contribution >= 0.6 is 0 Å². The summed E-state index contributed by atoms with van der Waals surface area (Å²) in [6, 6.07) is 7.86. The maximum Gasteiger partial charge on any atom is 0.255 e. The summed E-state index contributed by atoms with van der Waals surface area (Å²) in [6.07, 6.45) is -1.89. The molecule has 0 saturated carbocycles. The van der Waals surface area contributed by atoms with Gasteiger partial charge in [-0.05, 0) is 29.5 Å². The molecule has 4 nitrogen and oxygen atoms in total. The van der Waals surface area contributed by atoms with Gasteiger partial charge in [0.05, 0.1) is 19.8 Å². The second kappa shape index (κ2) is 10.3. The van der Waals surface area contributed by atoms with Crippen LogP contribution in [0.4, 0.5) is 8.78 Å². The standard InChI is InChI=1S/C19H29F2NO3/c1-19(2,3)15-7-9-16(10-8-15)25-12-5-6-18(23)22(11-13-24-4)14-17(20)21/h7-10,17H,5-6,11-14H2,1-4H3. The van der Waals surface area contributed by atoms with Crippen LogP contribution in [0.1, 0.15) is 39.2 Å². The van der Waals surface area contributed by atoms with Crippen LogP contribution in [0.25, 0.3) is 0 Å². The van der Waals surface area contributed by atoms with Gasteiger partial charge in [-0.15, -0.1) is 0 Å². The van der Waals surface area contributed by atoms with E-state index in [4.69, 9.17) is 9.47 Å². The zero-order chi connectivity index (χ0) is 18.9. The lowest BCUT2D eigenvalue weighted by molar-refractivity contribution is -0.134. The predicted molar refractivity (Wildman–Crippen MR) is 94.3 cm³/mol. The fourth-order valence-electron chi connectivity index (χ4n) is 2.31. The molecule has 0 aliphatic heterocycles. The van der Waals surface area contributed by atoms with Crippen molar-refractivity contribution < 1.29 is 23.0 Å². The van der Waals surface area contributed by atoms with Gasteiger partial charge in [0.15, 0.2) is 0 Å². The van der Waals surface area contributed by atoms with E-state index in [0.717, 1.165) is 10.6 Å². The first kappa shape index (κ1) is 21.4. The minimum Gasteiger partial charge on any atom is -0.494 e. The van der Waals surface area contributed by atoms with E-state index in [1.807, 2.05) is 24.3 Å². The van der Waals surface area contributed by atoms with Gasteiger partial charge < -0.3 is 14.4 Å². The first-order valence-electron chi connectivity index (χ1n) is 8.52. The van der Waals surface area contributed by atoms with Gasteiger partial charge in [0.25, 0.3) is 6.43 Å². The molecule has 142 valence electrons. The lowest BCUT2D eigenvalue weighted by atomic mass is 9.87. The molecule has 0 aliphatic carbocycles. The highest BCUT2D eigenvalue weighted by molar-refractivity contribution is 5.76. The Labute approximate surface area is 149 Å². The Hall–Kier alpha value is -1.69. The predicted octanol–water partition coefficient (Wildman–Crippen LogP) is 3.88. The average molecular weight is 357 g/mol. The highest BCUT2D eigenvalue weighted by Crippen LogP contribution is 2.24. The van der Waals surface area contributed by atoms with Crippen LogP contribution in [0.2, 0.25) is 0 Å². The zero-order valence-corrected chi connectivity index (χ0v) is 15.6. The number of benzene rings is 1. The minimum absolute atomic E-state index is 0.0846. The van der Waals surface area contributed by atoms with Gasteiger partial charge >= 0.3 is 0 Å². The maximum atomic E-state index is 12.5. The molecule has 25 heavy (non-hydrogen) atoms. The summed E-state index contributed by atoms with van der Waals surface area (Å²) >= 11 is 0. The monoisotopic (exact) mass is 357 g/mol. The lowest BCUT2D eigenvalue weighted by Crippen LogP contribution is -2.37. The van der Waals surface area contributed by atoms with Crippen molar-refractivity contribution in [2.45, 2.75) is 45.5 Å². The smallest absolute Gasteiger partial charge is 0.255 e. The van der Waals surface area contributed by atoms with Crippen LogP contribution in [-0.2, 0) is 14.9 Å². The molecule has 0 aromatic heterocycles. The molecule has 0 radical (unpaired) electrons. The molecule has 1 aromatic carbocycles. The third-order valence-electron chi connectivity index (χ3n) is 3.80. The van der Waals surface area contributed by atoms with Crippen LogP contribution in [0.5, 0.6) is 5.75 Å². The van der Waals surface area contributed by atoms with Crippen LogP contribution in [0, 0.1) is 0 Å². The topological polar surface area (TPSA) is 38.8 Å². The normalized spacial score (nSPS) is 11.6. The van der Waals surface area contributed by atoms with E-state index in [0.29, 0.717) is 13.0 Å². The van der Waals surface area contributed by atoms with E-state index >= 15 is 0 Å². The van der Waals surface area contributed by atoms with E-state index < -0.39 is 13.0 Å². The largest absolute Gasteiger partial charge is 0.494 e. The molecule has 0 N–H and O–H groups in total. The molecule has 0 fully saturated rings. The highest BCUT2D eigenvalue weighted by Gasteiger charge is 2.17. The molecule has 0 unspecified atom stereocenters. The summed E-state index contributed by atoms with van der Waals surface area (Å²) in [5.41, 5.74) is 1.30. The van der Waals surface area contributed by atoms with E-state index in [1.54, 1.807) is 0 Å². The van der Waals surface area contributed by atoms with E-state index in [1.165, 1.54) is 12.7 Å². The summed E-state index contributed by atoms with van der Waals surface area (Å²) in [6.45, 7) is 6.66. The van der Waals surface area contributed by atoms with Crippen molar-refractivity contribution in [2.24, 2.45) is 0 Å². The first-order chi connectivity index (χ1) is 11.7. The Balaban J connectivity index is 2.38. The number of carbonyl (C=O) groups is 1. The lowest BCUT2D eigenvalue weighted by Gasteiger charge is -2.22. The van der Waals surface area contributed by atoms with Crippen molar-refractivity contribution in [3.05, 3.63) is 29.8 Å². The van der Waals surface area contributed by atoms with E-state index in [-0.39, 0.29) is 30.9 Å². The fraction of sp³-hybridized carbons (Fsp3) is 0.632. The molecule has 6 heteroatoms. The van der Waals surface area contributed by atoms with Gasteiger partial charge in [-0.25, -0.2) is 8.78 Å². The molecule has 0 heterocycles. The number of carbonyl (C=O) groups excluding carboxylic acids is 1. The number of hydrogen-bond acceptors (Lipinski definition) is 3. The number of halogens is 2. The molecular formula is C19H29F2NO3. The summed E-state index contributed by atoms with van der Waals surface area (Å²) < 4.78 is 35.6. The van der Waals surface area contributed by atoms with Crippen LogP contribution in [0.3, 0.4) is 0 Å². The van der Waals surface area contributed by atoms with Gasteiger partial charge in [0.2, 0.25) is 5.91 Å². The van der Waals surface area contributed by atoms with Crippen molar-refractivity contribution in [1.29, 1.82) is 0 Å². The van der Waals surface area contributed by atoms with Crippen LogP contribution < -0.4 is 4.74 Å². The Morgan fingerprint density at radius 3 is 2.32 bits per heavy atom. The number of nitrogens with zero attached hydrogens (tertiary/aromatic N) is 1. The van der Waals surface area contributed by atoms with Crippen molar-refractivity contribution >= 4 is 5.91 Å². The van der Waals surface area contributed by atoms with Gasteiger partial charge in [0.1, 0.15) is 5.75 Å². The van der Waals surface area contributed by atoms with E-state index in [2.05, 4.69) is 20.8 Å². The van der Waals surface area contributed by atoms with E-state index in [9.17, 15) is 13.6 Å². The summed E-state index contributed by atoms with van der Waals surface area (Å²) in [5, 5.41) is 0. The third-order valence-corrected chi connectivity index (χ3v) is 3.80. The highest BCUT2D eigenvalue weighted by atomic mass is 19.3. The molecule has 0 aliphatic rings. The Morgan fingerprint density at radius 1 is 1.16 bits per heavy atom. The van der Waals surface area contributed by atoms with Crippen molar-refractivity contribution in [3.63, 3.8) is 0 Å². The summed E-state index contributed by atoms with van der Waals surface area (Å²) in [5.74, 6) is 0.438. The number of hydrogen-bond donors (Lipinski definition) is 0. The Morgan fingerprint density at radius 2 is 1.80 bits per heavy atom. The molecule has 0 spiro atoms. The molecule has 1 rings (SSSR count). The quantitative estimate of drug-likeness (QED) is 0.597. The minimum atomic E-state index is -2.54. The number of rotatable bonds is 10. The SMILES string of the molecule is COCCN(CC(F)F)C(=O)CCCOc1ccc(C(C)(C)C)cc1. The average Bonchev–Trinajstić information content (AvgIpc) is 2.54. The summed E-state index contributed by atoms with van der Waals surface area (Å²) in [7, 11) is 1.48. The van der Waals surface area contributed by atoms with Crippen molar-refractivity contribution in [1.82, 2.24) is 4.90 Å². The maximum absolute atomic E-state index is 12.5. The Bertz CT molecular complexity index is 512. The Kier molecular flexibility index (Phi) is 8.83. The van der Waals surface area contributed by atoms with Crippen molar-refractivity contribution in [2.75, 3.05) is 33.4 Å². The zero-order valence-electron chi connectivity index (χ0n) is 15.6. The molecule has 1 aromatic rings. The van der Waals surface area contributed by atoms with Crippen LogP contribution in [-0.4, -0.2) is 50.6 Å². The summed E-state index contributed by atoms with van der Waals surface area (Å²) in [4.78, 5) is 13.2. The first-order valence-corrected chi connectivity index (χ1v) is 8.52. The number of methoxy groups -OCH3 is 1. The van der Waals surface area contributed by atoms with Gasteiger partial charge in [0, 0.05) is 20.1 Å². The van der Waals surface area contributed by atoms with Gasteiger partial charge in [-0.1, -0.05) is 32.9 Å². The van der Waals surface area contributed by atoms with Gasteiger partial charge in [-0.3, -0.25) is 4.79 Å². The van der Waals surface area contributed by atoms with Gasteiger partial charge in [-0.2, -0.15) is 0 Å². The molecular weight excluding hydrogens is 328 g/mol. The number of alkyl halides is 2. The number of amides is 1. The molecule has 0 atom stereocenters. The third kappa shape index (κ3) is 8.29. The molecule has 1 amide bonds.